The second-order valence-corrected chi connectivity index (χ2v) is 7.91. The Morgan fingerprint density at radius 1 is 1.06 bits per heavy atom. The van der Waals surface area contributed by atoms with Gasteiger partial charge >= 0.3 is 0 Å². The number of pyridine rings is 1. The second kappa shape index (κ2) is 10.2. The molecular formula is C27H26N2O5. The van der Waals surface area contributed by atoms with Crippen molar-refractivity contribution in [2.45, 2.75) is 25.9 Å². The predicted octanol–water partition coefficient (Wildman–Crippen LogP) is 4.50. The third kappa shape index (κ3) is 4.50. The van der Waals surface area contributed by atoms with Crippen LogP contribution in [0, 0.1) is 0 Å². The Labute approximate surface area is 198 Å². The molecule has 0 spiro atoms. The number of hydrogen-bond donors (Lipinski definition) is 1. The van der Waals surface area contributed by atoms with Crippen molar-refractivity contribution in [1.82, 2.24) is 9.88 Å². The highest BCUT2D eigenvalue weighted by molar-refractivity contribution is 6.46. The maximum atomic E-state index is 13.2. The molecule has 1 amide bonds. The number of benzene rings is 2. The molecular weight excluding hydrogens is 432 g/mol. The quantitative estimate of drug-likeness (QED) is 0.304. The minimum absolute atomic E-state index is 0.0318. The van der Waals surface area contributed by atoms with E-state index in [2.05, 4.69) is 4.98 Å². The summed E-state index contributed by atoms with van der Waals surface area (Å²) in [5.41, 5.74) is 1.89. The summed E-state index contributed by atoms with van der Waals surface area (Å²) in [6, 6.07) is 16.8. The molecule has 2 heterocycles. The lowest BCUT2D eigenvalue weighted by atomic mass is 9.95. The van der Waals surface area contributed by atoms with Crippen molar-refractivity contribution in [3.05, 3.63) is 95.3 Å². The van der Waals surface area contributed by atoms with E-state index in [4.69, 9.17) is 9.47 Å². The van der Waals surface area contributed by atoms with Gasteiger partial charge in [0.25, 0.3) is 11.7 Å². The molecule has 1 fully saturated rings. The molecule has 1 aliphatic heterocycles. The highest BCUT2D eigenvalue weighted by Crippen LogP contribution is 2.42. The number of aliphatic hydroxyl groups excluding tert-OH is 1. The summed E-state index contributed by atoms with van der Waals surface area (Å²) in [4.78, 5) is 31.9. The molecule has 0 unspecified atom stereocenters. The third-order valence-corrected chi connectivity index (χ3v) is 5.63. The zero-order valence-corrected chi connectivity index (χ0v) is 19.1. The average Bonchev–Trinajstić information content (AvgIpc) is 3.13. The van der Waals surface area contributed by atoms with E-state index in [1.165, 1.54) is 12.0 Å². The minimum Gasteiger partial charge on any atom is -0.507 e. The molecule has 7 heteroatoms. The molecule has 174 valence electrons. The lowest BCUT2D eigenvalue weighted by Crippen LogP contribution is -2.29. The first-order valence-electron chi connectivity index (χ1n) is 11.1. The number of hydrogen-bond acceptors (Lipinski definition) is 6. The van der Waals surface area contributed by atoms with Crippen LogP contribution in [-0.2, 0) is 16.1 Å². The van der Waals surface area contributed by atoms with Gasteiger partial charge in [0.1, 0.15) is 5.76 Å². The maximum Gasteiger partial charge on any atom is 0.295 e. The summed E-state index contributed by atoms with van der Waals surface area (Å²) >= 11 is 0. The maximum absolute atomic E-state index is 13.2. The number of likely N-dealkylation sites (tertiary alicyclic amines) is 1. The van der Waals surface area contributed by atoms with Gasteiger partial charge in [-0.15, -0.1) is 0 Å². The summed E-state index contributed by atoms with van der Waals surface area (Å²) in [5.74, 6) is -0.585. The van der Waals surface area contributed by atoms with Gasteiger partial charge < -0.3 is 19.5 Å². The third-order valence-electron chi connectivity index (χ3n) is 5.63. The minimum atomic E-state index is -0.811. The first-order valence-corrected chi connectivity index (χ1v) is 11.1. The van der Waals surface area contributed by atoms with Gasteiger partial charge in [0, 0.05) is 24.5 Å². The number of amides is 1. The Kier molecular flexibility index (Phi) is 6.92. The second-order valence-electron chi connectivity index (χ2n) is 7.91. The van der Waals surface area contributed by atoms with E-state index in [1.807, 2.05) is 19.1 Å². The van der Waals surface area contributed by atoms with Gasteiger partial charge in [-0.2, -0.15) is 0 Å². The topological polar surface area (TPSA) is 89.0 Å². The molecule has 0 saturated carbocycles. The number of aliphatic hydroxyl groups is 1. The Hall–Kier alpha value is -4.13. The lowest BCUT2D eigenvalue weighted by Gasteiger charge is -2.26. The summed E-state index contributed by atoms with van der Waals surface area (Å²) in [6.07, 6.45) is 4.13. The van der Waals surface area contributed by atoms with Gasteiger partial charge in [0.2, 0.25) is 0 Å². The Balaban J connectivity index is 1.85. The fraction of sp³-hybridized carbons (Fsp3) is 0.222. The van der Waals surface area contributed by atoms with Crippen molar-refractivity contribution < 1.29 is 24.2 Å². The van der Waals surface area contributed by atoms with Crippen molar-refractivity contribution in [3.63, 3.8) is 0 Å². The van der Waals surface area contributed by atoms with E-state index in [9.17, 15) is 14.7 Å². The Morgan fingerprint density at radius 3 is 2.53 bits per heavy atom. The van der Waals surface area contributed by atoms with E-state index >= 15 is 0 Å². The van der Waals surface area contributed by atoms with E-state index in [0.717, 1.165) is 12.0 Å². The molecule has 0 aliphatic carbocycles. The summed E-state index contributed by atoms with van der Waals surface area (Å²) in [6.45, 7) is 2.70. The van der Waals surface area contributed by atoms with Crippen LogP contribution in [0.2, 0.25) is 0 Å². The van der Waals surface area contributed by atoms with Crippen LogP contribution >= 0.6 is 0 Å². The van der Waals surface area contributed by atoms with Gasteiger partial charge in [-0.25, -0.2) is 0 Å². The zero-order valence-electron chi connectivity index (χ0n) is 19.1. The monoisotopic (exact) mass is 458 g/mol. The highest BCUT2D eigenvalue weighted by Gasteiger charge is 2.46. The highest BCUT2D eigenvalue weighted by atomic mass is 16.5. The standard InChI is InChI=1S/C27H26N2O5/c1-3-14-34-21-12-11-20(15-22(21)33-2)24-23(25(30)19-9-5-4-6-10-19)26(31)27(32)29(24)17-18-8-7-13-28-16-18/h4-13,15-16,24,30H,3,14,17H2,1-2H3/b25-23+/t24-/m0/s1. The first kappa shape index (κ1) is 23.0. The van der Waals surface area contributed by atoms with Gasteiger partial charge in [0.05, 0.1) is 25.3 Å². The number of ketones is 1. The smallest absolute Gasteiger partial charge is 0.295 e. The number of ether oxygens (including phenoxy) is 2. The zero-order chi connectivity index (χ0) is 24.1. The van der Waals surface area contributed by atoms with Crippen LogP contribution in [0.4, 0.5) is 0 Å². The fourth-order valence-electron chi connectivity index (χ4n) is 4.02. The van der Waals surface area contributed by atoms with Crippen LogP contribution in [0.15, 0.2) is 78.6 Å². The summed E-state index contributed by atoms with van der Waals surface area (Å²) < 4.78 is 11.3. The summed E-state index contributed by atoms with van der Waals surface area (Å²) in [7, 11) is 1.54. The van der Waals surface area contributed by atoms with Crippen LogP contribution in [0.25, 0.3) is 5.76 Å². The summed E-state index contributed by atoms with van der Waals surface area (Å²) in [5, 5.41) is 11.1. The molecule has 1 atom stereocenters. The number of Topliss-reactive ketones (excluding diaryl/α,β-unsaturated/α-hetero) is 1. The Bertz CT molecular complexity index is 1210. The van der Waals surface area contributed by atoms with Crippen molar-refractivity contribution in [3.8, 4) is 11.5 Å². The largest absolute Gasteiger partial charge is 0.507 e. The average molecular weight is 459 g/mol. The van der Waals surface area contributed by atoms with Crippen LogP contribution in [0.3, 0.4) is 0 Å². The van der Waals surface area contributed by atoms with E-state index < -0.39 is 17.7 Å². The van der Waals surface area contributed by atoms with Crippen LogP contribution in [0.5, 0.6) is 11.5 Å². The first-order chi connectivity index (χ1) is 16.5. The normalized spacial score (nSPS) is 17.1. The van der Waals surface area contributed by atoms with Crippen molar-refractivity contribution in [2.24, 2.45) is 0 Å². The molecule has 0 bridgehead atoms. The Morgan fingerprint density at radius 2 is 1.85 bits per heavy atom. The van der Waals surface area contributed by atoms with Gasteiger partial charge in [-0.1, -0.05) is 49.4 Å². The predicted molar refractivity (Wildman–Crippen MR) is 127 cm³/mol. The number of aromatic nitrogens is 1. The number of nitrogens with zero attached hydrogens (tertiary/aromatic N) is 2. The van der Waals surface area contributed by atoms with E-state index in [-0.39, 0.29) is 17.9 Å². The van der Waals surface area contributed by atoms with Gasteiger partial charge in [-0.05, 0) is 35.7 Å². The van der Waals surface area contributed by atoms with Crippen molar-refractivity contribution in [2.75, 3.05) is 13.7 Å². The lowest BCUT2D eigenvalue weighted by molar-refractivity contribution is -0.140. The molecule has 7 nitrogen and oxygen atoms in total. The number of rotatable bonds is 8. The number of carbonyl (C=O) groups is 2. The molecule has 0 radical (unpaired) electrons. The van der Waals surface area contributed by atoms with Crippen LogP contribution in [0.1, 0.15) is 36.1 Å². The molecule has 1 N–H and O–H groups in total. The molecule has 34 heavy (non-hydrogen) atoms. The number of methoxy groups -OCH3 is 1. The van der Waals surface area contributed by atoms with E-state index in [1.54, 1.807) is 60.9 Å². The fourth-order valence-corrected chi connectivity index (χ4v) is 4.02. The van der Waals surface area contributed by atoms with Crippen molar-refractivity contribution >= 4 is 17.4 Å². The molecule has 4 rings (SSSR count). The molecule has 3 aromatic rings. The molecule has 1 saturated heterocycles. The molecule has 1 aromatic heterocycles. The molecule has 2 aromatic carbocycles. The molecule has 1 aliphatic rings. The van der Waals surface area contributed by atoms with Gasteiger partial charge in [-0.3, -0.25) is 14.6 Å². The number of carbonyl (C=O) groups excluding carboxylic acids is 2. The van der Waals surface area contributed by atoms with E-state index in [0.29, 0.717) is 29.2 Å². The SMILES string of the molecule is CCCOc1ccc([C@H]2/C(=C(\O)c3ccccc3)C(=O)C(=O)N2Cc2cccnc2)cc1OC. The van der Waals surface area contributed by atoms with Crippen LogP contribution < -0.4 is 9.47 Å². The van der Waals surface area contributed by atoms with Gasteiger partial charge in [0.15, 0.2) is 11.5 Å². The van der Waals surface area contributed by atoms with Crippen molar-refractivity contribution in [1.29, 1.82) is 0 Å². The van der Waals surface area contributed by atoms with Crippen LogP contribution in [-0.4, -0.2) is 40.4 Å².